The smallest absolute Gasteiger partial charge is 0.0161 e. The standard InChI is InChI=1S/C13H16.3C2H6/c1-6-10-11(5)13(9-4)12(7-2)8-3;3*1-2/h6-10H,1-4H2,5H3;3*1-2H3/b11-10-;;;. The molecular weight excluding hydrogens is 228 g/mol. The fourth-order valence-corrected chi connectivity index (χ4v) is 1.08. The summed E-state index contributed by atoms with van der Waals surface area (Å²) in [6, 6.07) is 0. The Morgan fingerprint density at radius 2 is 1.05 bits per heavy atom. The minimum Gasteiger partial charge on any atom is -0.0991 e. The molecule has 0 aromatic rings. The van der Waals surface area contributed by atoms with Gasteiger partial charge in [-0.3, -0.25) is 0 Å². The predicted octanol–water partition coefficient (Wildman–Crippen LogP) is 7.05. The molecule has 19 heavy (non-hydrogen) atoms. The van der Waals surface area contributed by atoms with E-state index in [9.17, 15) is 0 Å². The van der Waals surface area contributed by atoms with Gasteiger partial charge in [0, 0.05) is 0 Å². The maximum absolute atomic E-state index is 3.75. The Morgan fingerprint density at radius 3 is 1.26 bits per heavy atom. The van der Waals surface area contributed by atoms with Crippen LogP contribution >= 0.6 is 0 Å². The lowest BCUT2D eigenvalue weighted by atomic mass is 10.0. The first-order chi connectivity index (χ1) is 9.21. The van der Waals surface area contributed by atoms with Crippen LogP contribution in [-0.4, -0.2) is 0 Å². The molecule has 0 saturated heterocycles. The lowest BCUT2D eigenvalue weighted by molar-refractivity contribution is 1.40. The van der Waals surface area contributed by atoms with Gasteiger partial charge < -0.3 is 0 Å². The Kier molecular flexibility index (Phi) is 34.8. The normalized spacial score (nSPS) is 7.84. The van der Waals surface area contributed by atoms with Crippen LogP contribution in [0.3, 0.4) is 0 Å². The summed E-state index contributed by atoms with van der Waals surface area (Å²) < 4.78 is 0. The molecule has 0 fully saturated rings. The van der Waals surface area contributed by atoms with Crippen LogP contribution in [0.15, 0.2) is 73.4 Å². The van der Waals surface area contributed by atoms with Crippen LogP contribution in [0, 0.1) is 0 Å². The molecule has 0 atom stereocenters. The van der Waals surface area contributed by atoms with Crippen molar-refractivity contribution in [1.82, 2.24) is 0 Å². The van der Waals surface area contributed by atoms with Crippen molar-refractivity contribution in [2.45, 2.75) is 48.5 Å². The van der Waals surface area contributed by atoms with Crippen molar-refractivity contribution in [3.63, 3.8) is 0 Å². The zero-order valence-electron chi connectivity index (χ0n) is 14.2. The summed E-state index contributed by atoms with van der Waals surface area (Å²) in [5, 5.41) is 0. The summed E-state index contributed by atoms with van der Waals surface area (Å²) in [7, 11) is 0. The van der Waals surface area contributed by atoms with Crippen molar-refractivity contribution < 1.29 is 0 Å². The summed E-state index contributed by atoms with van der Waals surface area (Å²) in [5.41, 5.74) is 3.15. The lowest BCUT2D eigenvalue weighted by Crippen LogP contribution is -1.85. The molecule has 0 amide bonds. The molecular formula is C19H34. The highest BCUT2D eigenvalue weighted by molar-refractivity contribution is 5.49. The molecule has 0 radical (unpaired) electrons. The largest absolute Gasteiger partial charge is 0.0991 e. The summed E-state index contributed by atoms with van der Waals surface area (Å²) in [4.78, 5) is 0. The Bertz CT molecular complexity index is 275. The van der Waals surface area contributed by atoms with E-state index in [4.69, 9.17) is 0 Å². The van der Waals surface area contributed by atoms with Crippen molar-refractivity contribution in [1.29, 1.82) is 0 Å². The fraction of sp³-hybridized carbons (Fsp3) is 0.368. The molecule has 0 N–H and O–H groups in total. The summed E-state index contributed by atoms with van der Waals surface area (Å²) in [5.74, 6) is 0. The van der Waals surface area contributed by atoms with Crippen molar-refractivity contribution in [2.75, 3.05) is 0 Å². The van der Waals surface area contributed by atoms with E-state index >= 15 is 0 Å². The van der Waals surface area contributed by atoms with E-state index in [0.29, 0.717) is 0 Å². The predicted molar refractivity (Wildman–Crippen MR) is 95.6 cm³/mol. The first-order valence-corrected chi connectivity index (χ1v) is 7.12. The number of hydrogen-bond donors (Lipinski definition) is 0. The van der Waals surface area contributed by atoms with Gasteiger partial charge in [0.15, 0.2) is 0 Å². The minimum atomic E-state index is 0.991. The molecule has 110 valence electrons. The van der Waals surface area contributed by atoms with Crippen molar-refractivity contribution in [3.05, 3.63) is 73.4 Å². The van der Waals surface area contributed by atoms with Crippen LogP contribution in [0.4, 0.5) is 0 Å². The third kappa shape index (κ3) is 14.4. The van der Waals surface area contributed by atoms with Gasteiger partial charge in [-0.05, 0) is 23.6 Å². The maximum Gasteiger partial charge on any atom is -0.0161 e. The Hall–Kier alpha value is -1.56. The third-order valence-electron chi connectivity index (χ3n) is 1.75. The van der Waals surface area contributed by atoms with Crippen LogP contribution in [0.1, 0.15) is 48.5 Å². The van der Waals surface area contributed by atoms with E-state index in [-0.39, 0.29) is 0 Å². The Balaban J connectivity index is -0.000000163. The van der Waals surface area contributed by atoms with E-state index in [1.165, 1.54) is 0 Å². The molecule has 0 heteroatoms. The van der Waals surface area contributed by atoms with Gasteiger partial charge in [0.2, 0.25) is 0 Å². The first-order valence-electron chi connectivity index (χ1n) is 7.12. The van der Waals surface area contributed by atoms with Gasteiger partial charge >= 0.3 is 0 Å². The molecule has 0 heterocycles. The van der Waals surface area contributed by atoms with Crippen LogP contribution in [0.2, 0.25) is 0 Å². The van der Waals surface area contributed by atoms with E-state index < -0.39 is 0 Å². The van der Waals surface area contributed by atoms with E-state index in [2.05, 4.69) is 26.3 Å². The Morgan fingerprint density at radius 1 is 0.684 bits per heavy atom. The SMILES string of the molecule is C=C/C=C(/C)C(C=C)=C(C=C)C=C.CC.CC.CC. The second-order valence-corrected chi connectivity index (χ2v) is 2.57. The Labute approximate surface area is 122 Å². The van der Waals surface area contributed by atoms with Gasteiger partial charge in [0.25, 0.3) is 0 Å². The van der Waals surface area contributed by atoms with Crippen LogP contribution in [-0.2, 0) is 0 Å². The summed E-state index contributed by atoms with van der Waals surface area (Å²) in [6.07, 6.45) is 9.02. The summed E-state index contributed by atoms with van der Waals surface area (Å²) >= 11 is 0. The van der Waals surface area contributed by atoms with E-state index in [1.807, 2.05) is 54.5 Å². The molecule has 0 aliphatic heterocycles. The lowest BCUT2D eigenvalue weighted by Gasteiger charge is -2.04. The first kappa shape index (κ1) is 26.1. The summed E-state index contributed by atoms with van der Waals surface area (Å²) in [6.45, 7) is 28.8. The third-order valence-corrected chi connectivity index (χ3v) is 1.75. The second-order valence-electron chi connectivity index (χ2n) is 2.57. The molecule has 0 nitrogen and oxygen atoms in total. The molecule has 0 unspecified atom stereocenters. The molecule has 0 aliphatic rings. The number of hydrogen-bond acceptors (Lipinski definition) is 0. The van der Waals surface area contributed by atoms with Gasteiger partial charge in [-0.2, -0.15) is 0 Å². The average Bonchev–Trinajstić information content (AvgIpc) is 2.50. The monoisotopic (exact) mass is 262 g/mol. The zero-order valence-corrected chi connectivity index (χ0v) is 14.2. The van der Waals surface area contributed by atoms with Crippen molar-refractivity contribution in [2.24, 2.45) is 0 Å². The van der Waals surface area contributed by atoms with Crippen molar-refractivity contribution >= 4 is 0 Å². The highest BCUT2D eigenvalue weighted by Gasteiger charge is 1.98. The maximum atomic E-state index is 3.75. The fourth-order valence-electron chi connectivity index (χ4n) is 1.08. The molecule has 0 aliphatic carbocycles. The highest BCUT2D eigenvalue weighted by Crippen LogP contribution is 2.17. The highest BCUT2D eigenvalue weighted by atomic mass is 14.0. The quantitative estimate of drug-likeness (QED) is 0.465. The van der Waals surface area contributed by atoms with Crippen LogP contribution in [0.25, 0.3) is 0 Å². The number of allylic oxidation sites excluding steroid dienone is 8. The molecule has 0 saturated carbocycles. The zero-order chi connectivity index (χ0) is 16.3. The van der Waals surface area contributed by atoms with Crippen molar-refractivity contribution in [3.8, 4) is 0 Å². The minimum absolute atomic E-state index is 0.991. The van der Waals surface area contributed by atoms with Gasteiger partial charge in [0.1, 0.15) is 0 Å². The van der Waals surface area contributed by atoms with Crippen LogP contribution in [0.5, 0.6) is 0 Å². The topological polar surface area (TPSA) is 0 Å². The van der Waals surface area contributed by atoms with E-state index in [0.717, 1.165) is 16.7 Å². The van der Waals surface area contributed by atoms with Gasteiger partial charge in [-0.25, -0.2) is 0 Å². The average molecular weight is 262 g/mol. The van der Waals surface area contributed by atoms with Gasteiger partial charge in [-0.15, -0.1) is 0 Å². The molecule has 0 aromatic carbocycles. The molecule has 0 aromatic heterocycles. The van der Waals surface area contributed by atoms with Gasteiger partial charge in [0.05, 0.1) is 0 Å². The molecule has 0 rings (SSSR count). The van der Waals surface area contributed by atoms with E-state index in [1.54, 1.807) is 24.3 Å². The van der Waals surface area contributed by atoms with Crippen LogP contribution < -0.4 is 0 Å². The second kappa shape index (κ2) is 25.3. The number of rotatable bonds is 5. The van der Waals surface area contributed by atoms with Gasteiger partial charge in [-0.1, -0.05) is 98.2 Å². The molecule has 0 spiro atoms. The molecule has 0 bridgehead atoms.